The van der Waals surface area contributed by atoms with Gasteiger partial charge in [-0.1, -0.05) is 6.07 Å². The summed E-state index contributed by atoms with van der Waals surface area (Å²) >= 11 is 0. The molecule has 1 aromatic heterocycles. The molecule has 21 heavy (non-hydrogen) atoms. The second kappa shape index (κ2) is 5.40. The van der Waals surface area contributed by atoms with Crippen molar-refractivity contribution >= 4 is 17.7 Å². The summed E-state index contributed by atoms with van der Waals surface area (Å²) < 4.78 is 4.74. The van der Waals surface area contributed by atoms with Crippen LogP contribution in [0.3, 0.4) is 0 Å². The molecule has 6 nitrogen and oxygen atoms in total. The van der Waals surface area contributed by atoms with E-state index in [0.717, 1.165) is 24.0 Å². The highest BCUT2D eigenvalue weighted by molar-refractivity contribution is 5.89. The number of nitrogens with one attached hydrogen (secondary N) is 1. The molecule has 3 N–H and O–H groups in total. The van der Waals surface area contributed by atoms with Crippen molar-refractivity contribution in [3.05, 3.63) is 47.2 Å². The first-order valence-electron chi connectivity index (χ1n) is 6.73. The van der Waals surface area contributed by atoms with Gasteiger partial charge in [-0.2, -0.15) is 4.98 Å². The van der Waals surface area contributed by atoms with Crippen molar-refractivity contribution < 1.29 is 9.53 Å². The van der Waals surface area contributed by atoms with Gasteiger partial charge in [0.2, 0.25) is 5.95 Å². The van der Waals surface area contributed by atoms with Crippen molar-refractivity contribution in [3.63, 3.8) is 0 Å². The average Bonchev–Trinajstić information content (AvgIpc) is 2.89. The number of carbonyl (C=O) groups excluding carboxylic acids is 1. The molecule has 0 fully saturated rings. The van der Waals surface area contributed by atoms with Crippen molar-refractivity contribution in [3.8, 4) is 0 Å². The Hall–Kier alpha value is -2.63. The molecular weight excluding hydrogens is 268 g/mol. The summed E-state index contributed by atoms with van der Waals surface area (Å²) in [6.45, 7) is 0. The summed E-state index contributed by atoms with van der Waals surface area (Å²) in [6.07, 6.45) is 3.46. The molecule has 1 aliphatic rings. The van der Waals surface area contributed by atoms with E-state index in [2.05, 4.69) is 15.3 Å². The number of nitrogens with two attached hydrogens (primary N) is 1. The average molecular weight is 284 g/mol. The maximum absolute atomic E-state index is 11.6. The molecule has 0 aliphatic heterocycles. The highest BCUT2D eigenvalue weighted by atomic mass is 16.5. The number of aromatic nitrogens is 2. The molecule has 0 saturated heterocycles. The van der Waals surface area contributed by atoms with E-state index in [1.165, 1.54) is 7.11 Å². The van der Waals surface area contributed by atoms with Gasteiger partial charge >= 0.3 is 5.97 Å². The lowest BCUT2D eigenvalue weighted by Crippen LogP contribution is -2.11. The molecule has 108 valence electrons. The zero-order valence-electron chi connectivity index (χ0n) is 11.7. The Morgan fingerprint density at radius 1 is 1.43 bits per heavy atom. The van der Waals surface area contributed by atoms with Crippen LogP contribution in [0.1, 0.15) is 33.9 Å². The van der Waals surface area contributed by atoms with E-state index in [9.17, 15) is 4.79 Å². The number of nitrogens with zero attached hydrogens (tertiary/aromatic N) is 2. The van der Waals surface area contributed by atoms with Crippen LogP contribution in [0.25, 0.3) is 0 Å². The van der Waals surface area contributed by atoms with Crippen LogP contribution in [0.2, 0.25) is 0 Å². The predicted molar refractivity (Wildman–Crippen MR) is 78.9 cm³/mol. The van der Waals surface area contributed by atoms with E-state index in [1.54, 1.807) is 18.3 Å². The van der Waals surface area contributed by atoms with E-state index in [4.69, 9.17) is 10.5 Å². The van der Waals surface area contributed by atoms with Gasteiger partial charge in [0.15, 0.2) is 0 Å². The van der Waals surface area contributed by atoms with Crippen molar-refractivity contribution in [1.29, 1.82) is 0 Å². The highest BCUT2D eigenvalue weighted by Gasteiger charge is 2.24. The number of esters is 1. The number of anilines is 2. The van der Waals surface area contributed by atoms with Gasteiger partial charge in [0.25, 0.3) is 0 Å². The molecule has 2 aromatic rings. The van der Waals surface area contributed by atoms with Crippen LogP contribution >= 0.6 is 0 Å². The molecule has 1 aliphatic carbocycles. The summed E-state index contributed by atoms with van der Waals surface area (Å²) in [5, 5.41) is 3.28. The second-order valence-electron chi connectivity index (χ2n) is 4.95. The first-order valence-corrected chi connectivity index (χ1v) is 6.73. The Kier molecular flexibility index (Phi) is 3.43. The van der Waals surface area contributed by atoms with Gasteiger partial charge in [0.05, 0.1) is 18.7 Å². The first kappa shape index (κ1) is 13.4. The third kappa shape index (κ3) is 2.65. The van der Waals surface area contributed by atoms with Gasteiger partial charge in [-0.25, -0.2) is 9.78 Å². The molecule has 0 bridgehead atoms. The van der Waals surface area contributed by atoms with Crippen molar-refractivity contribution in [2.24, 2.45) is 0 Å². The minimum Gasteiger partial charge on any atom is -0.465 e. The quantitative estimate of drug-likeness (QED) is 0.837. The van der Waals surface area contributed by atoms with Crippen molar-refractivity contribution in [1.82, 2.24) is 9.97 Å². The van der Waals surface area contributed by atoms with Crippen LogP contribution in [0.15, 0.2) is 30.5 Å². The standard InChI is InChI=1S/C15H16N4O2/c1-21-14(20)10-2-4-11-9(8-10)3-5-12(11)18-15-17-7-6-13(16)19-15/h2,4,6-8,12H,3,5H2,1H3,(H3,16,17,18,19). The van der Waals surface area contributed by atoms with Crippen molar-refractivity contribution in [2.45, 2.75) is 18.9 Å². The Bertz CT molecular complexity index is 687. The van der Waals surface area contributed by atoms with E-state index < -0.39 is 0 Å². The normalized spacial score (nSPS) is 16.3. The lowest BCUT2D eigenvalue weighted by molar-refractivity contribution is 0.0600. The molecule has 0 radical (unpaired) electrons. The molecule has 1 aromatic carbocycles. The first-order chi connectivity index (χ1) is 10.2. The molecule has 0 saturated carbocycles. The number of aryl methyl sites for hydroxylation is 1. The Morgan fingerprint density at radius 3 is 3.05 bits per heavy atom. The minimum atomic E-state index is -0.312. The van der Waals surface area contributed by atoms with E-state index >= 15 is 0 Å². The number of hydrogen-bond donors (Lipinski definition) is 2. The number of fused-ring (bicyclic) bond motifs is 1. The van der Waals surface area contributed by atoms with Gasteiger partial charge in [-0.3, -0.25) is 0 Å². The lowest BCUT2D eigenvalue weighted by Gasteiger charge is -2.14. The Morgan fingerprint density at radius 2 is 2.29 bits per heavy atom. The summed E-state index contributed by atoms with van der Waals surface area (Å²) in [7, 11) is 1.39. The van der Waals surface area contributed by atoms with Crippen LogP contribution in [0.4, 0.5) is 11.8 Å². The third-order valence-electron chi connectivity index (χ3n) is 3.62. The molecular formula is C15H16N4O2. The monoisotopic (exact) mass is 284 g/mol. The van der Waals surface area contributed by atoms with Crippen LogP contribution in [-0.2, 0) is 11.2 Å². The number of carbonyl (C=O) groups is 1. The van der Waals surface area contributed by atoms with E-state index in [1.807, 2.05) is 12.1 Å². The van der Waals surface area contributed by atoms with Gasteiger partial charge in [-0.05, 0) is 42.2 Å². The third-order valence-corrected chi connectivity index (χ3v) is 3.62. The molecule has 0 amide bonds. The summed E-state index contributed by atoms with van der Waals surface area (Å²) in [6, 6.07) is 7.41. The Labute approximate surface area is 122 Å². The van der Waals surface area contributed by atoms with Crippen LogP contribution in [0.5, 0.6) is 0 Å². The molecule has 3 rings (SSSR count). The molecule has 0 spiro atoms. The number of hydrogen-bond acceptors (Lipinski definition) is 6. The number of rotatable bonds is 3. The highest BCUT2D eigenvalue weighted by Crippen LogP contribution is 2.33. The number of benzene rings is 1. The fraction of sp³-hybridized carbons (Fsp3) is 0.267. The summed E-state index contributed by atoms with van der Waals surface area (Å²) in [4.78, 5) is 19.9. The fourth-order valence-corrected chi connectivity index (χ4v) is 2.61. The molecule has 1 atom stereocenters. The second-order valence-corrected chi connectivity index (χ2v) is 4.95. The number of methoxy groups -OCH3 is 1. The van der Waals surface area contributed by atoms with E-state index in [0.29, 0.717) is 17.3 Å². The van der Waals surface area contributed by atoms with Crippen molar-refractivity contribution in [2.75, 3.05) is 18.2 Å². The van der Waals surface area contributed by atoms with Gasteiger partial charge in [-0.15, -0.1) is 0 Å². The zero-order chi connectivity index (χ0) is 14.8. The smallest absolute Gasteiger partial charge is 0.337 e. The summed E-state index contributed by atoms with van der Waals surface area (Å²) in [5.41, 5.74) is 8.55. The summed E-state index contributed by atoms with van der Waals surface area (Å²) in [5.74, 6) is 0.644. The van der Waals surface area contributed by atoms with Crippen LogP contribution in [0, 0.1) is 0 Å². The fourth-order valence-electron chi connectivity index (χ4n) is 2.61. The topological polar surface area (TPSA) is 90.1 Å². The maximum Gasteiger partial charge on any atom is 0.337 e. The predicted octanol–water partition coefficient (Wildman–Crippen LogP) is 1.94. The van der Waals surface area contributed by atoms with Crippen LogP contribution < -0.4 is 11.1 Å². The van der Waals surface area contributed by atoms with E-state index in [-0.39, 0.29) is 12.0 Å². The number of nitrogen functional groups attached to an aromatic ring is 1. The molecule has 1 heterocycles. The van der Waals surface area contributed by atoms with Gasteiger partial charge < -0.3 is 15.8 Å². The SMILES string of the molecule is COC(=O)c1ccc2c(c1)CCC2Nc1nccc(N)n1. The Balaban J connectivity index is 1.82. The minimum absolute atomic E-state index is 0.133. The van der Waals surface area contributed by atoms with Crippen LogP contribution in [-0.4, -0.2) is 23.0 Å². The van der Waals surface area contributed by atoms with Gasteiger partial charge in [0.1, 0.15) is 5.82 Å². The molecule has 6 heteroatoms. The zero-order valence-corrected chi connectivity index (χ0v) is 11.7. The molecule has 1 unspecified atom stereocenters. The lowest BCUT2D eigenvalue weighted by atomic mass is 10.0. The maximum atomic E-state index is 11.6. The van der Waals surface area contributed by atoms with Gasteiger partial charge in [0, 0.05) is 6.20 Å². The number of ether oxygens (including phenoxy) is 1. The largest absolute Gasteiger partial charge is 0.465 e.